The van der Waals surface area contributed by atoms with Gasteiger partial charge in [-0.25, -0.2) is 9.13 Å². The van der Waals surface area contributed by atoms with Crippen LogP contribution in [0, 0.1) is 0 Å². The molecular formula is C97H162O16P2. The fourth-order valence-corrected chi connectivity index (χ4v) is 13.4. The molecule has 0 fully saturated rings. The molecule has 0 saturated carbocycles. The lowest BCUT2D eigenvalue weighted by Crippen LogP contribution is -2.30. The van der Waals surface area contributed by atoms with Crippen LogP contribution in [0.1, 0.15) is 355 Å². The third-order valence-corrected chi connectivity index (χ3v) is 20.5. The van der Waals surface area contributed by atoms with E-state index in [0.29, 0.717) is 19.3 Å². The van der Waals surface area contributed by atoms with E-state index in [1.54, 1.807) is 0 Å². The van der Waals surface area contributed by atoms with Crippen molar-refractivity contribution in [3.05, 3.63) is 182 Å². The Labute approximate surface area is 700 Å². The van der Waals surface area contributed by atoms with E-state index in [9.17, 15) is 43.5 Å². The summed E-state index contributed by atoms with van der Waals surface area (Å²) in [4.78, 5) is 58.9. The lowest BCUT2D eigenvalue weighted by Gasteiger charge is -2.21. The summed E-state index contributed by atoms with van der Waals surface area (Å²) >= 11 is 0. The van der Waals surface area contributed by atoms with Gasteiger partial charge in [0.05, 0.1) is 26.4 Å². The molecule has 0 aliphatic heterocycles. The normalized spacial score (nSPS) is 14.7. The molecule has 0 aromatic carbocycles. The molecule has 5 unspecified atom stereocenters. The van der Waals surface area contributed by atoms with Crippen molar-refractivity contribution >= 4 is 33.6 Å². The average molecular weight is 1650 g/mol. The first-order valence-corrected chi connectivity index (χ1v) is 48.1. The van der Waals surface area contributed by atoms with Crippen molar-refractivity contribution in [1.29, 1.82) is 0 Å². The van der Waals surface area contributed by atoms with Crippen molar-refractivity contribution in [1.82, 2.24) is 0 Å². The second-order valence-electron chi connectivity index (χ2n) is 29.6. The summed E-state index contributed by atoms with van der Waals surface area (Å²) in [5, 5.41) is 20.7. The van der Waals surface area contributed by atoms with Gasteiger partial charge in [0.15, 0.2) is 6.10 Å². The van der Waals surface area contributed by atoms with Gasteiger partial charge < -0.3 is 34.2 Å². The first-order valence-electron chi connectivity index (χ1n) is 45.1. The Morgan fingerprint density at radius 2 is 0.461 bits per heavy atom. The fourth-order valence-electron chi connectivity index (χ4n) is 11.8. The van der Waals surface area contributed by atoms with E-state index in [1.807, 2.05) is 0 Å². The topological polar surface area (TPSA) is 231 Å². The number of ether oxygens (including phenoxy) is 3. The standard InChI is InChI=1S/C97H162O16P2/c1-4-7-10-13-16-19-22-25-28-31-34-36-38-40-42-44-45-47-49-50-52-54-57-59-62-65-68-71-74-77-80-83-95(100)107-86-92(98)87-109-114(103,104)110-88-93(99)89-111-115(105,106)112-91-94(113-97(102)85-82-79-76-73-70-67-64-61-56-33-30-27-24-21-18-15-12-9-6-3)90-108-96(101)84-81-78-75-72-69-66-63-60-58-55-53-51-48-46-43-41-39-37-35-32-29-26-23-20-17-14-11-8-5-2/h7,9-10,12,16-21,25-30,34-37,40-43,45,47,56,61,67,70,92-94,98-99H,4-6,8,11,13-15,22-24,31-33,38-39,44,46,48-55,57-60,62-66,68-69,71-91H2,1-3H3,(H,103,104)(H,105,106)/b10-7-,12-9-,19-16-,20-17-,21-18-,28-25-,29-26-,30-27-,36-34-,37-35-,42-40-,43-41-,47-45-,61-56-,70-67-. The second-order valence-corrected chi connectivity index (χ2v) is 32.5. The van der Waals surface area contributed by atoms with Crippen molar-refractivity contribution in [2.45, 2.75) is 373 Å². The Hall–Kier alpha value is -5.35. The van der Waals surface area contributed by atoms with Crippen molar-refractivity contribution in [3.8, 4) is 0 Å². The maximum absolute atomic E-state index is 13.0. The Kier molecular flexibility index (Phi) is 83.9. The molecule has 0 aromatic rings. The number of hydrogen-bond donors (Lipinski definition) is 4. The van der Waals surface area contributed by atoms with E-state index in [-0.39, 0.29) is 19.3 Å². The Morgan fingerprint density at radius 1 is 0.252 bits per heavy atom. The zero-order chi connectivity index (χ0) is 83.6. The maximum Gasteiger partial charge on any atom is 0.472 e. The van der Waals surface area contributed by atoms with Gasteiger partial charge in [-0.05, 0) is 161 Å². The van der Waals surface area contributed by atoms with Crippen molar-refractivity contribution in [2.75, 3.05) is 39.6 Å². The van der Waals surface area contributed by atoms with Crippen LogP contribution >= 0.6 is 15.6 Å². The number of rotatable bonds is 84. The molecule has 5 atom stereocenters. The van der Waals surface area contributed by atoms with Gasteiger partial charge in [0.2, 0.25) is 0 Å². The van der Waals surface area contributed by atoms with Gasteiger partial charge in [-0.15, -0.1) is 0 Å². The number of phosphoric acid groups is 2. The number of carbonyl (C=O) groups excluding carboxylic acids is 3. The molecule has 656 valence electrons. The summed E-state index contributed by atoms with van der Waals surface area (Å²) in [6.45, 7) is 2.41. The fraction of sp³-hybridized carbons (Fsp3) is 0.660. The minimum absolute atomic E-state index is 0.0604. The number of aliphatic hydroxyl groups excluding tert-OH is 2. The van der Waals surface area contributed by atoms with Gasteiger partial charge >= 0.3 is 33.6 Å². The molecule has 0 aliphatic rings. The smallest absolute Gasteiger partial charge is 0.463 e. The Bertz CT molecular complexity index is 2820. The molecule has 16 nitrogen and oxygen atoms in total. The van der Waals surface area contributed by atoms with Crippen LogP contribution in [-0.4, -0.2) is 95.9 Å². The molecule has 0 bridgehead atoms. The van der Waals surface area contributed by atoms with E-state index >= 15 is 0 Å². The quantitative estimate of drug-likeness (QED) is 0.0146. The molecule has 4 N–H and O–H groups in total. The Morgan fingerprint density at radius 3 is 0.739 bits per heavy atom. The lowest BCUT2D eigenvalue weighted by atomic mass is 10.0. The summed E-state index contributed by atoms with van der Waals surface area (Å²) in [6, 6.07) is 0. The third kappa shape index (κ3) is 89.3. The summed E-state index contributed by atoms with van der Waals surface area (Å²) < 4.78 is 61.4. The summed E-state index contributed by atoms with van der Waals surface area (Å²) in [5.41, 5.74) is 0. The van der Waals surface area contributed by atoms with Crippen molar-refractivity contribution < 1.29 is 75.8 Å². The molecule has 0 aromatic heterocycles. The van der Waals surface area contributed by atoms with E-state index in [1.165, 1.54) is 128 Å². The van der Waals surface area contributed by atoms with Crippen LogP contribution in [0.15, 0.2) is 182 Å². The lowest BCUT2D eigenvalue weighted by molar-refractivity contribution is -0.161. The first kappa shape index (κ1) is 110. The highest BCUT2D eigenvalue weighted by Gasteiger charge is 2.29. The second kappa shape index (κ2) is 87.9. The van der Waals surface area contributed by atoms with Crippen molar-refractivity contribution in [3.63, 3.8) is 0 Å². The molecule has 18 heteroatoms. The van der Waals surface area contributed by atoms with E-state index in [4.69, 9.17) is 32.3 Å². The van der Waals surface area contributed by atoms with Gasteiger partial charge in [0.25, 0.3) is 0 Å². The van der Waals surface area contributed by atoms with Crippen LogP contribution in [0.3, 0.4) is 0 Å². The largest absolute Gasteiger partial charge is 0.472 e. The van der Waals surface area contributed by atoms with Crippen LogP contribution < -0.4 is 0 Å². The molecule has 0 radical (unpaired) electrons. The van der Waals surface area contributed by atoms with Crippen LogP contribution in [0.25, 0.3) is 0 Å². The highest BCUT2D eigenvalue weighted by Crippen LogP contribution is 2.45. The van der Waals surface area contributed by atoms with E-state index in [0.717, 1.165) is 167 Å². The van der Waals surface area contributed by atoms with Crippen LogP contribution in [0.5, 0.6) is 0 Å². The average Bonchev–Trinajstić information content (AvgIpc) is 0.896. The van der Waals surface area contributed by atoms with Crippen LogP contribution in [-0.2, 0) is 55.8 Å². The van der Waals surface area contributed by atoms with Gasteiger partial charge in [-0.1, -0.05) is 357 Å². The summed E-state index contributed by atoms with van der Waals surface area (Å²) in [7, 11) is -9.83. The monoisotopic (exact) mass is 1650 g/mol. The minimum atomic E-state index is -4.95. The third-order valence-electron chi connectivity index (χ3n) is 18.6. The SMILES string of the molecule is CC/C=C\C/C=C\C/C=C\C/C=C\C/C=C\C/C=C\CCCCCCCCCCCCCCC(=O)OCC(O)COP(=O)(O)OCC(O)COP(=O)(O)OCC(COC(=O)CCCCCCCCCCCCCCC/C=C\C/C=C\C/C=C\C/C=C\CCCCC)OC(=O)CCCCC/C=C\C/C=C\C/C=C\C/C=C\C/C=C\CC. The van der Waals surface area contributed by atoms with Gasteiger partial charge in [0, 0.05) is 19.3 Å². The van der Waals surface area contributed by atoms with E-state index < -0.39 is 91.5 Å². The highest BCUT2D eigenvalue weighted by molar-refractivity contribution is 7.47. The van der Waals surface area contributed by atoms with Crippen LogP contribution in [0.4, 0.5) is 0 Å². The summed E-state index contributed by atoms with van der Waals surface area (Å²) in [6.07, 6.45) is 115. The number of carbonyl (C=O) groups is 3. The molecule has 115 heavy (non-hydrogen) atoms. The number of unbranched alkanes of at least 4 members (excludes halogenated alkanes) is 31. The molecule has 0 aliphatic carbocycles. The number of allylic oxidation sites excluding steroid dienone is 30. The zero-order valence-corrected chi connectivity index (χ0v) is 73.9. The van der Waals surface area contributed by atoms with Gasteiger partial charge in [0.1, 0.15) is 25.4 Å². The number of hydrogen-bond acceptors (Lipinski definition) is 14. The minimum Gasteiger partial charge on any atom is -0.463 e. The zero-order valence-electron chi connectivity index (χ0n) is 72.1. The number of esters is 3. The number of phosphoric ester groups is 2. The first-order chi connectivity index (χ1) is 56.2. The molecule has 0 heterocycles. The van der Waals surface area contributed by atoms with Gasteiger partial charge in [-0.3, -0.25) is 32.5 Å². The number of aliphatic hydroxyl groups is 2. The predicted octanol–water partition coefficient (Wildman–Crippen LogP) is 27.7. The van der Waals surface area contributed by atoms with Gasteiger partial charge in [-0.2, -0.15) is 0 Å². The van der Waals surface area contributed by atoms with Crippen LogP contribution in [0.2, 0.25) is 0 Å². The highest BCUT2D eigenvalue weighted by atomic mass is 31.2. The van der Waals surface area contributed by atoms with E-state index in [2.05, 4.69) is 203 Å². The molecular weight excluding hydrogens is 1480 g/mol. The molecule has 0 rings (SSSR count). The Balaban J connectivity index is 4.60. The molecule has 0 saturated heterocycles. The molecule has 0 amide bonds. The predicted molar refractivity (Wildman–Crippen MR) is 481 cm³/mol. The molecule has 0 spiro atoms. The maximum atomic E-state index is 13.0. The van der Waals surface area contributed by atoms with Crippen molar-refractivity contribution in [2.24, 2.45) is 0 Å². The summed E-state index contributed by atoms with van der Waals surface area (Å²) in [5.74, 6) is -1.62.